The molecular formula is C11H11ClN4O. The number of anilines is 2. The van der Waals surface area contributed by atoms with E-state index in [0.717, 1.165) is 0 Å². The van der Waals surface area contributed by atoms with E-state index in [4.69, 9.17) is 17.3 Å². The van der Waals surface area contributed by atoms with Gasteiger partial charge in [0.1, 0.15) is 10.8 Å². The molecule has 0 saturated carbocycles. The Balaban J connectivity index is 2.17. The van der Waals surface area contributed by atoms with Crippen LogP contribution in [-0.2, 0) is 7.05 Å². The third-order valence-electron chi connectivity index (χ3n) is 2.24. The van der Waals surface area contributed by atoms with Gasteiger partial charge in [-0.1, -0.05) is 11.6 Å². The van der Waals surface area contributed by atoms with E-state index in [9.17, 15) is 4.79 Å². The van der Waals surface area contributed by atoms with Crippen molar-refractivity contribution < 1.29 is 4.79 Å². The minimum atomic E-state index is -0.242. The quantitative estimate of drug-likeness (QED) is 0.800. The summed E-state index contributed by atoms with van der Waals surface area (Å²) in [5.74, 6) is -0.242. The largest absolute Gasteiger partial charge is 0.397 e. The molecule has 0 aliphatic heterocycles. The molecule has 6 heteroatoms. The first-order chi connectivity index (χ1) is 8.06. The highest BCUT2D eigenvalue weighted by molar-refractivity contribution is 6.29. The van der Waals surface area contributed by atoms with Crippen LogP contribution in [0, 0.1) is 0 Å². The van der Waals surface area contributed by atoms with E-state index in [-0.39, 0.29) is 5.91 Å². The number of pyridine rings is 1. The van der Waals surface area contributed by atoms with Crippen molar-refractivity contribution in [2.45, 2.75) is 0 Å². The summed E-state index contributed by atoms with van der Waals surface area (Å²) in [5.41, 5.74) is 7.21. The standard InChI is InChI=1S/C11H11ClN4O/c1-16-6-7(13)4-9(16)11(17)15-8-2-3-10(12)14-5-8/h2-6H,13H2,1H3,(H,15,17). The average Bonchev–Trinajstić information content (AvgIpc) is 2.61. The molecule has 3 N–H and O–H groups in total. The molecule has 17 heavy (non-hydrogen) atoms. The molecule has 0 bridgehead atoms. The highest BCUT2D eigenvalue weighted by Crippen LogP contribution is 2.13. The van der Waals surface area contributed by atoms with Gasteiger partial charge in [0.05, 0.1) is 17.6 Å². The highest BCUT2D eigenvalue weighted by atomic mass is 35.5. The topological polar surface area (TPSA) is 72.9 Å². The Morgan fingerprint density at radius 3 is 2.82 bits per heavy atom. The summed E-state index contributed by atoms with van der Waals surface area (Å²) in [6, 6.07) is 4.90. The lowest BCUT2D eigenvalue weighted by molar-refractivity contribution is 0.101. The predicted molar refractivity (Wildman–Crippen MR) is 67.0 cm³/mol. The van der Waals surface area contributed by atoms with Crippen LogP contribution in [0.3, 0.4) is 0 Å². The van der Waals surface area contributed by atoms with Gasteiger partial charge in [-0.25, -0.2) is 4.98 Å². The molecule has 2 heterocycles. The van der Waals surface area contributed by atoms with Gasteiger partial charge in [-0.2, -0.15) is 0 Å². The number of nitrogens with two attached hydrogens (primary N) is 1. The number of halogens is 1. The molecule has 0 aliphatic carbocycles. The van der Waals surface area contributed by atoms with Crippen molar-refractivity contribution in [2.24, 2.45) is 7.05 Å². The fourth-order valence-electron chi connectivity index (χ4n) is 1.46. The third kappa shape index (κ3) is 2.57. The second-order valence-corrected chi connectivity index (χ2v) is 3.98. The molecule has 2 rings (SSSR count). The second kappa shape index (κ2) is 4.47. The predicted octanol–water partition coefficient (Wildman–Crippen LogP) is 1.91. The Hall–Kier alpha value is -2.01. The average molecular weight is 251 g/mol. The Labute approximate surface area is 103 Å². The normalized spacial score (nSPS) is 10.2. The van der Waals surface area contributed by atoms with Crippen LogP contribution in [0.1, 0.15) is 10.5 Å². The van der Waals surface area contributed by atoms with Crippen molar-refractivity contribution in [3.63, 3.8) is 0 Å². The van der Waals surface area contributed by atoms with E-state index in [2.05, 4.69) is 10.3 Å². The monoisotopic (exact) mass is 250 g/mol. The van der Waals surface area contributed by atoms with Crippen LogP contribution in [0.2, 0.25) is 5.15 Å². The lowest BCUT2D eigenvalue weighted by Crippen LogP contribution is -2.15. The maximum atomic E-state index is 11.9. The van der Waals surface area contributed by atoms with Gasteiger partial charge in [-0.05, 0) is 18.2 Å². The molecule has 0 fully saturated rings. The summed E-state index contributed by atoms with van der Waals surface area (Å²) in [6.07, 6.45) is 3.17. The first-order valence-electron chi connectivity index (χ1n) is 4.91. The van der Waals surface area contributed by atoms with Crippen LogP contribution in [0.15, 0.2) is 30.6 Å². The van der Waals surface area contributed by atoms with Crippen molar-refractivity contribution in [2.75, 3.05) is 11.1 Å². The zero-order valence-electron chi connectivity index (χ0n) is 9.14. The number of nitrogen functional groups attached to an aromatic ring is 1. The van der Waals surface area contributed by atoms with Gasteiger partial charge >= 0.3 is 0 Å². The molecule has 2 aromatic rings. The smallest absolute Gasteiger partial charge is 0.272 e. The number of carbonyl (C=O) groups is 1. The number of nitrogens with zero attached hydrogens (tertiary/aromatic N) is 2. The van der Waals surface area contributed by atoms with Gasteiger partial charge in [-0.3, -0.25) is 4.79 Å². The number of aryl methyl sites for hydroxylation is 1. The summed E-state index contributed by atoms with van der Waals surface area (Å²) < 4.78 is 1.66. The number of hydrogen-bond acceptors (Lipinski definition) is 3. The van der Waals surface area contributed by atoms with E-state index in [1.165, 1.54) is 6.20 Å². The second-order valence-electron chi connectivity index (χ2n) is 3.59. The van der Waals surface area contributed by atoms with Crippen LogP contribution < -0.4 is 11.1 Å². The maximum Gasteiger partial charge on any atom is 0.272 e. The summed E-state index contributed by atoms with van der Waals surface area (Å²) in [5, 5.41) is 3.08. The number of amides is 1. The molecular weight excluding hydrogens is 240 g/mol. The molecule has 1 amide bonds. The van der Waals surface area contributed by atoms with Gasteiger partial charge in [0.25, 0.3) is 5.91 Å². The summed E-state index contributed by atoms with van der Waals surface area (Å²) in [6.45, 7) is 0. The first kappa shape index (κ1) is 11.5. The van der Waals surface area contributed by atoms with Gasteiger partial charge in [-0.15, -0.1) is 0 Å². The molecule has 5 nitrogen and oxygen atoms in total. The van der Waals surface area contributed by atoms with Gasteiger partial charge in [0, 0.05) is 13.2 Å². The highest BCUT2D eigenvalue weighted by Gasteiger charge is 2.10. The molecule has 0 aromatic carbocycles. The molecule has 2 aromatic heterocycles. The molecule has 0 spiro atoms. The number of hydrogen-bond donors (Lipinski definition) is 2. The molecule has 88 valence electrons. The SMILES string of the molecule is Cn1cc(N)cc1C(=O)Nc1ccc(Cl)nc1. The molecule has 0 atom stereocenters. The number of aromatic nitrogens is 2. The zero-order chi connectivity index (χ0) is 12.4. The number of nitrogens with one attached hydrogen (secondary N) is 1. The molecule has 0 radical (unpaired) electrons. The Morgan fingerprint density at radius 1 is 1.53 bits per heavy atom. The first-order valence-corrected chi connectivity index (χ1v) is 5.29. The van der Waals surface area contributed by atoms with Crippen LogP contribution >= 0.6 is 11.6 Å². The van der Waals surface area contributed by atoms with Crippen LogP contribution in [0.5, 0.6) is 0 Å². The number of carbonyl (C=O) groups excluding carboxylic acids is 1. The van der Waals surface area contributed by atoms with Gasteiger partial charge in [0.2, 0.25) is 0 Å². The van der Waals surface area contributed by atoms with Crippen molar-refractivity contribution in [1.82, 2.24) is 9.55 Å². The maximum absolute atomic E-state index is 11.9. The fourth-order valence-corrected chi connectivity index (χ4v) is 1.57. The molecule has 0 aliphatic rings. The van der Waals surface area contributed by atoms with E-state index in [1.54, 1.807) is 36.0 Å². The van der Waals surface area contributed by atoms with Crippen LogP contribution in [0.25, 0.3) is 0 Å². The van der Waals surface area contributed by atoms with Crippen molar-refractivity contribution in [3.05, 3.63) is 41.4 Å². The van der Waals surface area contributed by atoms with Gasteiger partial charge in [0.15, 0.2) is 0 Å². The Kier molecular flexibility index (Phi) is 3.01. The van der Waals surface area contributed by atoms with Crippen LogP contribution in [0.4, 0.5) is 11.4 Å². The summed E-state index contributed by atoms with van der Waals surface area (Å²) in [4.78, 5) is 15.8. The van der Waals surface area contributed by atoms with Crippen molar-refractivity contribution in [3.8, 4) is 0 Å². The van der Waals surface area contributed by atoms with E-state index < -0.39 is 0 Å². The van der Waals surface area contributed by atoms with E-state index in [1.807, 2.05) is 0 Å². The van der Waals surface area contributed by atoms with Crippen LogP contribution in [-0.4, -0.2) is 15.5 Å². The third-order valence-corrected chi connectivity index (χ3v) is 2.47. The molecule has 0 saturated heterocycles. The Morgan fingerprint density at radius 2 is 2.29 bits per heavy atom. The minimum Gasteiger partial charge on any atom is -0.397 e. The van der Waals surface area contributed by atoms with E-state index in [0.29, 0.717) is 22.2 Å². The van der Waals surface area contributed by atoms with Crippen molar-refractivity contribution in [1.29, 1.82) is 0 Å². The summed E-state index contributed by atoms with van der Waals surface area (Å²) >= 11 is 5.65. The summed E-state index contributed by atoms with van der Waals surface area (Å²) in [7, 11) is 1.76. The zero-order valence-corrected chi connectivity index (χ0v) is 9.90. The number of rotatable bonds is 2. The van der Waals surface area contributed by atoms with E-state index >= 15 is 0 Å². The van der Waals surface area contributed by atoms with Crippen molar-refractivity contribution >= 4 is 28.9 Å². The lowest BCUT2D eigenvalue weighted by atomic mass is 10.3. The minimum absolute atomic E-state index is 0.242. The Bertz CT molecular complexity index is 547. The van der Waals surface area contributed by atoms with Gasteiger partial charge < -0.3 is 15.6 Å². The fraction of sp³-hybridized carbons (Fsp3) is 0.0909. The lowest BCUT2D eigenvalue weighted by Gasteiger charge is -2.05. The molecule has 0 unspecified atom stereocenters.